The fourth-order valence-electron chi connectivity index (χ4n) is 2.80. The summed E-state index contributed by atoms with van der Waals surface area (Å²) >= 11 is 0. The molecule has 2 atom stereocenters. The fourth-order valence-corrected chi connectivity index (χ4v) is 2.80. The summed E-state index contributed by atoms with van der Waals surface area (Å²) in [6.07, 6.45) is 0.672. The van der Waals surface area contributed by atoms with Gasteiger partial charge in [-0.3, -0.25) is 9.59 Å². The average molecular weight is 325 g/mol. The van der Waals surface area contributed by atoms with Crippen LogP contribution >= 0.6 is 0 Å². The second kappa shape index (κ2) is 8.87. The molecule has 2 aromatic carbocycles. The van der Waals surface area contributed by atoms with Gasteiger partial charge >= 0.3 is 5.97 Å². The van der Waals surface area contributed by atoms with Crippen LogP contribution in [0.5, 0.6) is 0 Å². The van der Waals surface area contributed by atoms with E-state index in [0.717, 1.165) is 12.0 Å². The van der Waals surface area contributed by atoms with Gasteiger partial charge < -0.3 is 10.4 Å². The van der Waals surface area contributed by atoms with Crippen molar-refractivity contribution in [1.29, 1.82) is 0 Å². The Balaban J connectivity index is 2.10. The van der Waals surface area contributed by atoms with E-state index in [1.165, 1.54) is 5.56 Å². The first-order valence-electron chi connectivity index (χ1n) is 8.16. The maximum Gasteiger partial charge on any atom is 0.303 e. The molecule has 4 heteroatoms. The lowest BCUT2D eigenvalue weighted by Crippen LogP contribution is -2.38. The Morgan fingerprint density at radius 1 is 0.958 bits per heavy atom. The van der Waals surface area contributed by atoms with Gasteiger partial charge in [-0.1, -0.05) is 60.7 Å². The van der Waals surface area contributed by atoms with E-state index in [1.54, 1.807) is 0 Å². The van der Waals surface area contributed by atoms with Crippen molar-refractivity contribution in [3.63, 3.8) is 0 Å². The molecule has 0 bridgehead atoms. The van der Waals surface area contributed by atoms with Gasteiger partial charge in [-0.2, -0.15) is 0 Å². The van der Waals surface area contributed by atoms with Crippen LogP contribution in [0.15, 0.2) is 60.7 Å². The lowest BCUT2D eigenvalue weighted by molar-refractivity contribution is -0.138. The van der Waals surface area contributed by atoms with Crippen molar-refractivity contribution < 1.29 is 14.7 Å². The summed E-state index contributed by atoms with van der Waals surface area (Å²) in [4.78, 5) is 22.6. The first kappa shape index (κ1) is 17.7. The highest BCUT2D eigenvalue weighted by Crippen LogP contribution is 2.24. The predicted octanol–water partition coefficient (Wildman–Crippen LogP) is 3.38. The summed E-state index contributed by atoms with van der Waals surface area (Å²) in [7, 11) is 0. The second-order valence-corrected chi connectivity index (χ2v) is 5.96. The maximum absolute atomic E-state index is 12.0. The number of carbonyl (C=O) groups excluding carboxylic acids is 1. The zero-order valence-corrected chi connectivity index (χ0v) is 13.8. The third kappa shape index (κ3) is 5.54. The number of benzene rings is 2. The summed E-state index contributed by atoms with van der Waals surface area (Å²) in [5, 5.41) is 11.7. The number of carboxylic acids is 1. The van der Waals surface area contributed by atoms with E-state index >= 15 is 0 Å². The molecule has 2 N–H and O–H groups in total. The van der Waals surface area contributed by atoms with Crippen molar-refractivity contribution in [3.8, 4) is 0 Å². The van der Waals surface area contributed by atoms with Gasteiger partial charge in [-0.05, 0) is 24.5 Å². The Bertz CT molecular complexity index is 655. The van der Waals surface area contributed by atoms with Gasteiger partial charge in [0.25, 0.3) is 0 Å². The largest absolute Gasteiger partial charge is 0.481 e. The van der Waals surface area contributed by atoms with Crippen molar-refractivity contribution in [2.75, 3.05) is 0 Å². The number of hydrogen-bond donors (Lipinski definition) is 2. The molecule has 0 unspecified atom stereocenters. The van der Waals surface area contributed by atoms with Crippen LogP contribution in [0.3, 0.4) is 0 Å². The van der Waals surface area contributed by atoms with Crippen LogP contribution in [0.25, 0.3) is 0 Å². The molecule has 0 spiro atoms. The first-order valence-corrected chi connectivity index (χ1v) is 8.16. The molecular weight excluding hydrogens is 302 g/mol. The summed E-state index contributed by atoms with van der Waals surface area (Å²) in [6, 6.07) is 20.1. The number of aliphatic carboxylic acids is 1. The van der Waals surface area contributed by atoms with Crippen LogP contribution in [0, 0.1) is 0 Å². The van der Waals surface area contributed by atoms with Crippen LogP contribution in [0.2, 0.25) is 0 Å². The molecule has 4 nitrogen and oxygen atoms in total. The maximum atomic E-state index is 12.0. The first-order chi connectivity index (χ1) is 11.6. The van der Waals surface area contributed by atoms with E-state index in [1.807, 2.05) is 43.3 Å². The van der Waals surface area contributed by atoms with Gasteiger partial charge in [0.1, 0.15) is 0 Å². The average Bonchev–Trinajstić information content (AvgIpc) is 2.59. The third-order valence-electron chi connectivity index (χ3n) is 4.08. The molecule has 24 heavy (non-hydrogen) atoms. The molecule has 0 saturated carbocycles. The molecule has 1 amide bonds. The Morgan fingerprint density at radius 3 is 2.12 bits per heavy atom. The van der Waals surface area contributed by atoms with Crippen molar-refractivity contribution in [1.82, 2.24) is 5.32 Å². The van der Waals surface area contributed by atoms with Gasteiger partial charge in [0.15, 0.2) is 0 Å². The molecule has 126 valence electrons. The lowest BCUT2D eigenvalue weighted by atomic mass is 9.86. The topological polar surface area (TPSA) is 66.4 Å². The fraction of sp³-hybridized carbons (Fsp3) is 0.300. The summed E-state index contributed by atoms with van der Waals surface area (Å²) < 4.78 is 0. The molecule has 0 heterocycles. The van der Waals surface area contributed by atoms with E-state index in [9.17, 15) is 9.59 Å². The number of carbonyl (C=O) groups is 2. The van der Waals surface area contributed by atoms with Gasteiger partial charge in [-0.15, -0.1) is 0 Å². The van der Waals surface area contributed by atoms with E-state index in [4.69, 9.17) is 5.11 Å². The third-order valence-corrected chi connectivity index (χ3v) is 4.08. The van der Waals surface area contributed by atoms with E-state index < -0.39 is 5.97 Å². The number of amides is 1. The molecule has 0 aliphatic heterocycles. The molecule has 0 fully saturated rings. The molecule has 0 saturated heterocycles. The lowest BCUT2D eigenvalue weighted by Gasteiger charge is -2.26. The van der Waals surface area contributed by atoms with E-state index in [2.05, 4.69) is 29.6 Å². The summed E-state index contributed by atoms with van der Waals surface area (Å²) in [5.74, 6) is -1.05. The van der Waals surface area contributed by atoms with Crippen molar-refractivity contribution in [2.45, 2.75) is 38.1 Å². The minimum absolute atomic E-state index is 0.00647. The molecule has 2 rings (SSSR count). The Hall–Kier alpha value is -2.62. The Morgan fingerprint density at radius 2 is 1.54 bits per heavy atom. The van der Waals surface area contributed by atoms with Crippen LogP contribution in [0.1, 0.15) is 36.8 Å². The summed E-state index contributed by atoms with van der Waals surface area (Å²) in [6.45, 7) is 1.97. The summed E-state index contributed by atoms with van der Waals surface area (Å²) in [5.41, 5.74) is 2.37. The highest BCUT2D eigenvalue weighted by Gasteiger charge is 2.21. The molecule has 0 radical (unpaired) electrons. The van der Waals surface area contributed by atoms with Crippen molar-refractivity contribution in [3.05, 3.63) is 71.8 Å². The van der Waals surface area contributed by atoms with E-state index in [0.29, 0.717) is 0 Å². The number of carboxylic acid groups (broad SMARTS) is 1. The minimum Gasteiger partial charge on any atom is -0.481 e. The number of nitrogens with one attached hydrogen (secondary N) is 1. The predicted molar refractivity (Wildman–Crippen MR) is 93.8 cm³/mol. The quantitative estimate of drug-likeness (QED) is 0.782. The van der Waals surface area contributed by atoms with Crippen LogP contribution in [0.4, 0.5) is 0 Å². The Kier molecular flexibility index (Phi) is 6.55. The Labute approximate surface area is 142 Å². The van der Waals surface area contributed by atoms with Crippen molar-refractivity contribution >= 4 is 11.9 Å². The van der Waals surface area contributed by atoms with E-state index in [-0.39, 0.29) is 30.7 Å². The highest BCUT2D eigenvalue weighted by molar-refractivity contribution is 5.80. The van der Waals surface area contributed by atoms with Crippen LogP contribution in [-0.4, -0.2) is 23.0 Å². The van der Waals surface area contributed by atoms with Gasteiger partial charge in [0.2, 0.25) is 5.91 Å². The molecule has 0 aromatic heterocycles. The van der Waals surface area contributed by atoms with Gasteiger partial charge in [0.05, 0.1) is 6.42 Å². The normalized spacial score (nSPS) is 13.0. The van der Waals surface area contributed by atoms with Gasteiger partial charge in [-0.25, -0.2) is 0 Å². The van der Waals surface area contributed by atoms with Gasteiger partial charge in [0, 0.05) is 18.4 Å². The van der Waals surface area contributed by atoms with Crippen LogP contribution in [-0.2, 0) is 16.0 Å². The molecule has 0 aliphatic rings. The smallest absolute Gasteiger partial charge is 0.303 e. The number of hydrogen-bond acceptors (Lipinski definition) is 2. The minimum atomic E-state index is -0.957. The standard InChI is InChI=1S/C20H23NO3/c1-15(21-19(22)12-13-20(23)24)18(17-10-6-3-7-11-17)14-16-8-4-2-5-9-16/h2-11,15,18H,12-14H2,1H3,(H,21,22)(H,23,24)/t15-,18-/m1/s1. The second-order valence-electron chi connectivity index (χ2n) is 5.96. The SMILES string of the molecule is C[C@@H](NC(=O)CCC(=O)O)[C@@H](Cc1ccccc1)c1ccccc1. The highest BCUT2D eigenvalue weighted by atomic mass is 16.4. The number of rotatable bonds is 8. The zero-order chi connectivity index (χ0) is 17.4. The zero-order valence-electron chi connectivity index (χ0n) is 13.8. The molecule has 2 aromatic rings. The van der Waals surface area contributed by atoms with Crippen molar-refractivity contribution in [2.24, 2.45) is 0 Å². The molecule has 0 aliphatic carbocycles. The van der Waals surface area contributed by atoms with Crippen LogP contribution < -0.4 is 5.32 Å². The monoisotopic (exact) mass is 325 g/mol. The molecular formula is C20H23NO3.